The van der Waals surface area contributed by atoms with Crippen LogP contribution in [0.3, 0.4) is 0 Å². The number of fused-ring (bicyclic) bond motifs is 4. The molecule has 0 bridgehead atoms. The molecule has 0 radical (unpaired) electrons. The van der Waals surface area contributed by atoms with Gasteiger partial charge in [0, 0.05) is 22.0 Å². The highest BCUT2D eigenvalue weighted by atomic mass is 16.5. The quantitative estimate of drug-likeness (QED) is 0.175. The molecule has 5 nitrogen and oxygen atoms in total. The van der Waals surface area contributed by atoms with Crippen molar-refractivity contribution in [3.8, 4) is 45.1 Å². The highest BCUT2D eigenvalue weighted by Crippen LogP contribution is 2.38. The predicted octanol–water partition coefficient (Wildman–Crippen LogP) is 11.4. The van der Waals surface area contributed by atoms with Gasteiger partial charge in [0.25, 0.3) is 0 Å². The van der Waals surface area contributed by atoms with Gasteiger partial charge in [-0.1, -0.05) is 84.4 Å². The number of para-hydroxylation sites is 4. The van der Waals surface area contributed by atoms with Crippen LogP contribution >= 0.6 is 0 Å². The number of aromatic nitrogens is 2. The average Bonchev–Trinajstić information content (AvgIpc) is 3.74. The van der Waals surface area contributed by atoms with Crippen LogP contribution in [0.15, 0.2) is 162 Å². The van der Waals surface area contributed by atoms with Crippen LogP contribution in [0.5, 0.6) is 5.75 Å². The van der Waals surface area contributed by atoms with Crippen molar-refractivity contribution in [2.24, 2.45) is 0 Å². The number of hydrogen-bond donors (Lipinski definition) is 1. The molecular formula is C45H33N3O2. The average molecular weight is 648 g/mol. The number of nitrogens with zero attached hydrogens (tertiary/aromatic N) is 2. The maximum Gasteiger partial charge on any atom is 0.227 e. The van der Waals surface area contributed by atoms with Crippen LogP contribution in [0.1, 0.15) is 11.1 Å². The highest BCUT2D eigenvalue weighted by molar-refractivity contribution is 6.11. The molecule has 9 aromatic rings. The minimum atomic E-state index is 0.434. The van der Waals surface area contributed by atoms with Gasteiger partial charge < -0.3 is 19.5 Å². The second-order valence-electron chi connectivity index (χ2n) is 12.7. The van der Waals surface area contributed by atoms with Crippen molar-refractivity contribution in [2.45, 2.75) is 13.5 Å². The van der Waals surface area contributed by atoms with E-state index in [-0.39, 0.29) is 0 Å². The summed E-state index contributed by atoms with van der Waals surface area (Å²) in [4.78, 5) is 4.74. The number of anilines is 1. The van der Waals surface area contributed by atoms with E-state index in [9.17, 15) is 0 Å². The summed E-state index contributed by atoms with van der Waals surface area (Å²) < 4.78 is 14.5. The van der Waals surface area contributed by atoms with Gasteiger partial charge in [-0.2, -0.15) is 0 Å². The summed E-state index contributed by atoms with van der Waals surface area (Å²) in [5.74, 6) is 1.31. The van der Waals surface area contributed by atoms with Gasteiger partial charge in [0.1, 0.15) is 17.9 Å². The van der Waals surface area contributed by atoms with Crippen molar-refractivity contribution in [1.29, 1.82) is 0 Å². The Balaban J connectivity index is 1.15. The largest absolute Gasteiger partial charge is 0.487 e. The molecule has 0 aliphatic rings. The first-order chi connectivity index (χ1) is 24.6. The summed E-state index contributed by atoms with van der Waals surface area (Å²) in [7, 11) is 0. The predicted molar refractivity (Wildman–Crippen MR) is 205 cm³/mol. The minimum absolute atomic E-state index is 0.434. The van der Waals surface area contributed by atoms with Crippen molar-refractivity contribution in [1.82, 2.24) is 9.55 Å². The van der Waals surface area contributed by atoms with Gasteiger partial charge in [0.15, 0.2) is 5.58 Å². The van der Waals surface area contributed by atoms with Crippen LogP contribution in [-0.4, -0.2) is 9.55 Å². The molecule has 0 unspecified atom stereocenters. The maximum absolute atomic E-state index is 6.12. The molecule has 0 spiro atoms. The molecule has 0 saturated heterocycles. The third-order valence-electron chi connectivity index (χ3n) is 9.37. The third kappa shape index (κ3) is 5.35. The number of aryl methyl sites for hydroxylation is 1. The maximum atomic E-state index is 6.12. The molecule has 240 valence electrons. The fraction of sp³-hybridized carbons (Fsp3) is 0.0444. The van der Waals surface area contributed by atoms with Crippen LogP contribution in [-0.2, 0) is 6.61 Å². The molecule has 2 aromatic heterocycles. The SMILES string of the molecule is Cc1ccc(-n2c3ccc(-c4cccc(COc5ccccc5N)c4)cc3c3cc(-c4cccc(-c5nc6ccccc6o5)c4)ccc32)cc1. The second kappa shape index (κ2) is 12.1. The summed E-state index contributed by atoms with van der Waals surface area (Å²) in [5, 5.41) is 2.37. The fourth-order valence-corrected chi connectivity index (χ4v) is 6.80. The molecular weight excluding hydrogens is 615 g/mol. The molecule has 2 N–H and O–H groups in total. The first kappa shape index (κ1) is 29.5. The van der Waals surface area contributed by atoms with Gasteiger partial charge in [-0.05, 0) is 114 Å². The van der Waals surface area contributed by atoms with Crippen LogP contribution in [0.25, 0.3) is 72.3 Å². The number of nitrogen functional groups attached to an aromatic ring is 1. The van der Waals surface area contributed by atoms with Crippen molar-refractivity contribution >= 4 is 38.6 Å². The number of hydrogen-bond acceptors (Lipinski definition) is 4. The molecule has 9 rings (SSSR count). The van der Waals surface area contributed by atoms with E-state index in [0.717, 1.165) is 61.2 Å². The van der Waals surface area contributed by atoms with Gasteiger partial charge in [-0.3, -0.25) is 0 Å². The second-order valence-corrected chi connectivity index (χ2v) is 12.7. The zero-order valence-electron chi connectivity index (χ0n) is 27.5. The van der Waals surface area contributed by atoms with Crippen LogP contribution < -0.4 is 10.5 Å². The first-order valence-electron chi connectivity index (χ1n) is 16.8. The molecule has 0 aliphatic carbocycles. The molecule has 0 aliphatic heterocycles. The van der Waals surface area contributed by atoms with E-state index in [1.165, 1.54) is 16.3 Å². The number of benzene rings is 7. The summed E-state index contributed by atoms with van der Waals surface area (Å²) in [5.41, 5.74) is 19.6. The first-order valence-corrected chi connectivity index (χ1v) is 16.8. The van der Waals surface area contributed by atoms with Gasteiger partial charge in [0.05, 0.1) is 16.7 Å². The molecule has 0 fully saturated rings. The van der Waals surface area contributed by atoms with E-state index >= 15 is 0 Å². The Morgan fingerprint density at radius 2 is 1.24 bits per heavy atom. The Morgan fingerprint density at radius 3 is 1.98 bits per heavy atom. The Bertz CT molecular complexity index is 2650. The number of rotatable bonds is 7. The summed E-state index contributed by atoms with van der Waals surface area (Å²) in [6, 6.07) is 54.7. The third-order valence-corrected chi connectivity index (χ3v) is 9.37. The van der Waals surface area contributed by atoms with E-state index in [1.807, 2.05) is 48.5 Å². The number of ether oxygens (including phenoxy) is 1. The Morgan fingerprint density at radius 1 is 0.600 bits per heavy atom. The zero-order chi connectivity index (χ0) is 33.6. The smallest absolute Gasteiger partial charge is 0.227 e. The lowest BCUT2D eigenvalue weighted by atomic mass is 9.98. The molecule has 50 heavy (non-hydrogen) atoms. The number of nitrogens with two attached hydrogens (primary N) is 1. The van der Waals surface area contributed by atoms with E-state index in [4.69, 9.17) is 19.9 Å². The molecule has 7 aromatic carbocycles. The fourth-order valence-electron chi connectivity index (χ4n) is 6.80. The molecule has 2 heterocycles. The van der Waals surface area contributed by atoms with Crippen molar-refractivity contribution in [2.75, 3.05) is 5.73 Å². The van der Waals surface area contributed by atoms with Crippen molar-refractivity contribution in [3.63, 3.8) is 0 Å². The molecule has 5 heteroatoms. The zero-order valence-corrected chi connectivity index (χ0v) is 27.5. The molecule has 0 amide bonds. The van der Waals surface area contributed by atoms with Crippen molar-refractivity contribution in [3.05, 3.63) is 169 Å². The minimum Gasteiger partial charge on any atom is -0.487 e. The van der Waals surface area contributed by atoms with E-state index in [2.05, 4.69) is 121 Å². The normalized spacial score (nSPS) is 11.5. The van der Waals surface area contributed by atoms with Crippen molar-refractivity contribution < 1.29 is 9.15 Å². The van der Waals surface area contributed by atoms with Crippen LogP contribution in [0.4, 0.5) is 5.69 Å². The topological polar surface area (TPSA) is 66.2 Å². The lowest BCUT2D eigenvalue weighted by Crippen LogP contribution is -1.98. The summed E-state index contributed by atoms with van der Waals surface area (Å²) >= 11 is 0. The Hall–Kier alpha value is -6.59. The van der Waals surface area contributed by atoms with Gasteiger partial charge in [0.2, 0.25) is 5.89 Å². The van der Waals surface area contributed by atoms with Gasteiger partial charge >= 0.3 is 0 Å². The summed E-state index contributed by atoms with van der Waals surface area (Å²) in [6.07, 6.45) is 0. The standard InChI is InChI=1S/C45H33N3O2/c1-29-16-20-36(21-17-29)48-41-22-18-33(31-9-6-8-30(24-31)28-49-43-14-4-2-12-39(43)46)26-37(41)38-27-34(19-23-42(38)48)32-10-7-11-35(25-32)45-47-40-13-3-5-15-44(40)50-45/h2-27H,28,46H2,1H3. The summed E-state index contributed by atoms with van der Waals surface area (Å²) in [6.45, 7) is 2.56. The van der Waals surface area contributed by atoms with E-state index in [1.54, 1.807) is 0 Å². The monoisotopic (exact) mass is 647 g/mol. The molecule has 0 atom stereocenters. The van der Waals surface area contributed by atoms with E-state index < -0.39 is 0 Å². The van der Waals surface area contributed by atoms with Crippen LogP contribution in [0.2, 0.25) is 0 Å². The molecule has 0 saturated carbocycles. The highest BCUT2D eigenvalue weighted by Gasteiger charge is 2.16. The Labute approximate surface area is 289 Å². The van der Waals surface area contributed by atoms with Gasteiger partial charge in [-0.15, -0.1) is 0 Å². The lowest BCUT2D eigenvalue weighted by Gasteiger charge is -2.11. The lowest BCUT2D eigenvalue weighted by molar-refractivity contribution is 0.308. The Kier molecular flexibility index (Phi) is 7.17. The van der Waals surface area contributed by atoms with E-state index in [0.29, 0.717) is 23.9 Å². The number of oxazole rings is 1. The van der Waals surface area contributed by atoms with Crippen LogP contribution in [0, 0.1) is 6.92 Å². The van der Waals surface area contributed by atoms with Gasteiger partial charge in [-0.25, -0.2) is 4.98 Å².